The van der Waals surface area contributed by atoms with E-state index < -0.39 is 0 Å². The van der Waals surface area contributed by atoms with Crippen molar-refractivity contribution in [1.29, 1.82) is 10.5 Å². The normalized spacial score (nSPS) is 12.7. The van der Waals surface area contributed by atoms with E-state index in [1.165, 1.54) is 12.0 Å². The second kappa shape index (κ2) is 20.2. The molecule has 0 bridgehead atoms. The molecule has 0 spiro atoms. The molecule has 50 heavy (non-hydrogen) atoms. The summed E-state index contributed by atoms with van der Waals surface area (Å²) in [5.74, 6) is 0.822. The molecule has 0 atom stereocenters. The first-order valence-electron chi connectivity index (χ1n) is 15.8. The van der Waals surface area contributed by atoms with Gasteiger partial charge in [-0.2, -0.15) is 39.3 Å². The molecule has 0 saturated heterocycles. The van der Waals surface area contributed by atoms with E-state index in [4.69, 9.17) is 10.5 Å². The number of nitrogens with one attached hydrogen (secondary N) is 1. The van der Waals surface area contributed by atoms with Crippen molar-refractivity contribution in [2.75, 3.05) is 16.8 Å². The number of fused-ring (bicyclic) bond motifs is 2. The number of anilines is 1. The molecule has 4 aromatic rings. The molecule has 0 saturated carbocycles. The zero-order valence-electron chi connectivity index (χ0n) is 28.1. The number of benzene rings is 4. The maximum atomic E-state index is 12.5. The van der Waals surface area contributed by atoms with Crippen molar-refractivity contribution >= 4 is 66.7 Å². The van der Waals surface area contributed by atoms with Gasteiger partial charge >= 0.3 is 0 Å². The molecule has 2 aliphatic rings. The van der Waals surface area contributed by atoms with Gasteiger partial charge in [-0.1, -0.05) is 70.5 Å². The Morgan fingerprint density at radius 3 is 2.24 bits per heavy atom. The van der Waals surface area contributed by atoms with Gasteiger partial charge in [0.05, 0.1) is 29.0 Å². The summed E-state index contributed by atoms with van der Waals surface area (Å²) in [6, 6.07) is 30.4. The van der Waals surface area contributed by atoms with Gasteiger partial charge in [0, 0.05) is 73.0 Å². The van der Waals surface area contributed by atoms with Crippen LogP contribution in [0.1, 0.15) is 75.2 Å². The van der Waals surface area contributed by atoms with Crippen LogP contribution in [0.5, 0.6) is 0 Å². The van der Waals surface area contributed by atoms with Gasteiger partial charge in [0.1, 0.15) is 11.7 Å². The van der Waals surface area contributed by atoms with Crippen LogP contribution < -0.4 is 10.2 Å². The Bertz CT molecular complexity index is 2000. The third-order valence-corrected chi connectivity index (χ3v) is 8.67. The third kappa shape index (κ3) is 11.1. The molecule has 4 aromatic carbocycles. The van der Waals surface area contributed by atoms with E-state index in [1.54, 1.807) is 48.5 Å². The van der Waals surface area contributed by atoms with Gasteiger partial charge in [-0.05, 0) is 73.0 Å². The molecule has 0 unspecified atom stereocenters. The Morgan fingerprint density at radius 2 is 1.60 bits per heavy atom. The van der Waals surface area contributed by atoms with Crippen molar-refractivity contribution in [3.8, 4) is 12.1 Å². The molecule has 251 valence electrons. The van der Waals surface area contributed by atoms with Gasteiger partial charge in [-0.15, -0.1) is 5.56 Å². The zero-order valence-corrected chi connectivity index (χ0v) is 34.1. The van der Waals surface area contributed by atoms with Crippen LogP contribution in [0.2, 0.25) is 0 Å². The molecule has 8 nitrogen and oxygen atoms in total. The van der Waals surface area contributed by atoms with Crippen molar-refractivity contribution in [3.05, 3.63) is 128 Å². The van der Waals surface area contributed by atoms with E-state index >= 15 is 0 Å². The van der Waals surface area contributed by atoms with Gasteiger partial charge < -0.3 is 10.2 Å². The first-order chi connectivity index (χ1) is 23.7. The number of hydrogen-bond acceptors (Lipinski definition) is 5. The first-order valence-corrected chi connectivity index (χ1v) is 17.7. The molecule has 0 aromatic heterocycles. The monoisotopic (exact) mass is 866 g/mol. The van der Waals surface area contributed by atoms with Crippen molar-refractivity contribution in [1.82, 2.24) is 5.32 Å². The Hall–Kier alpha value is -3.80. The number of carbonyl (C=O) groups is 2. The molecule has 2 heterocycles. The van der Waals surface area contributed by atoms with Gasteiger partial charge in [0.15, 0.2) is 0 Å². The summed E-state index contributed by atoms with van der Waals surface area (Å²) < 4.78 is 0.991. The number of alkyl halides is 1. The number of amides is 2. The number of aryl methyl sites for hydroxylation is 1. The van der Waals surface area contributed by atoms with E-state index in [2.05, 4.69) is 84.1 Å². The molecule has 1 radical (unpaired) electrons. The third-order valence-electron chi connectivity index (χ3n) is 7.38. The maximum Gasteiger partial charge on any atom is 0.278 e. The van der Waals surface area contributed by atoms with E-state index in [-0.39, 0.29) is 44.5 Å². The number of amidine groups is 2. The van der Waals surface area contributed by atoms with Crippen LogP contribution in [0.25, 0.3) is 0 Å². The fraction of sp³-hybridized carbons (Fsp3) is 0.231. The van der Waals surface area contributed by atoms with Crippen LogP contribution >= 0.6 is 31.9 Å². The quantitative estimate of drug-likeness (QED) is 0.159. The molecule has 0 aliphatic carbocycles. The van der Waals surface area contributed by atoms with Gasteiger partial charge in [-0.25, -0.2) is 4.99 Å². The second-order valence-corrected chi connectivity index (χ2v) is 12.9. The average molecular weight is 868 g/mol. The maximum absolute atomic E-state index is 12.5. The van der Waals surface area contributed by atoms with Gasteiger partial charge in [-0.3, -0.25) is 9.59 Å². The summed E-state index contributed by atoms with van der Waals surface area (Å²) >= 11 is 6.67. The van der Waals surface area contributed by atoms with Crippen LogP contribution in [0.15, 0.2) is 93.3 Å². The SMILES string of the molecule is CCCBr.CCCN1C(=NC(=O)c2cccc(C#N)c2)Cc2cc(C)[c-]cc21.N#Cc1cccc(C(=O)NC2=Nc3ccc(Br)cc3C2)c1.[Y]. The fourth-order valence-corrected chi connectivity index (χ4v) is 5.51. The minimum Gasteiger partial charge on any atom is -0.383 e. The first kappa shape index (κ1) is 40.6. The van der Waals surface area contributed by atoms with Gasteiger partial charge in [0.25, 0.3) is 11.8 Å². The van der Waals surface area contributed by atoms with E-state index in [0.717, 1.165) is 51.1 Å². The number of rotatable bonds is 5. The van der Waals surface area contributed by atoms with Gasteiger partial charge in [0.2, 0.25) is 0 Å². The number of carbonyl (C=O) groups excluding carboxylic acids is 2. The van der Waals surface area contributed by atoms with Crippen LogP contribution in [0.3, 0.4) is 0 Å². The summed E-state index contributed by atoms with van der Waals surface area (Å²) in [7, 11) is 0. The number of hydrogen-bond donors (Lipinski definition) is 1. The number of halogens is 2. The predicted molar refractivity (Wildman–Crippen MR) is 202 cm³/mol. The molecule has 2 amide bonds. The Balaban J connectivity index is 0.000000242. The van der Waals surface area contributed by atoms with Crippen LogP contribution in [-0.4, -0.2) is 35.4 Å². The summed E-state index contributed by atoms with van der Waals surface area (Å²) in [5, 5.41) is 21.8. The topological polar surface area (TPSA) is 122 Å². The zero-order chi connectivity index (χ0) is 35.3. The molecule has 11 heteroatoms. The molecule has 2 aliphatic heterocycles. The second-order valence-electron chi connectivity index (χ2n) is 11.2. The Labute approximate surface area is 335 Å². The summed E-state index contributed by atoms with van der Waals surface area (Å²) in [5.41, 5.74) is 7.11. The smallest absolute Gasteiger partial charge is 0.278 e. The Kier molecular flexibility index (Phi) is 16.4. The van der Waals surface area contributed by atoms with Crippen molar-refractivity contribution in [2.45, 2.75) is 46.5 Å². The predicted octanol–water partition coefficient (Wildman–Crippen LogP) is 8.80. The summed E-state index contributed by atoms with van der Waals surface area (Å²) in [6.45, 7) is 7.06. The number of nitriles is 2. The van der Waals surface area contributed by atoms with Crippen molar-refractivity contribution in [2.24, 2.45) is 9.98 Å². The largest absolute Gasteiger partial charge is 0.383 e. The van der Waals surface area contributed by atoms with Crippen molar-refractivity contribution in [3.63, 3.8) is 0 Å². The van der Waals surface area contributed by atoms with Crippen LogP contribution in [0.4, 0.5) is 11.4 Å². The summed E-state index contributed by atoms with van der Waals surface area (Å²) in [6.07, 6.45) is 3.44. The number of aliphatic imine (C=N–C) groups is 2. The minimum absolute atomic E-state index is 0. The molecular formula is C39H35Br2N6O2Y-. The molecule has 1 N–H and O–H groups in total. The Morgan fingerprint density at radius 1 is 0.940 bits per heavy atom. The van der Waals surface area contributed by atoms with Crippen LogP contribution in [0, 0.1) is 35.7 Å². The summed E-state index contributed by atoms with van der Waals surface area (Å²) in [4.78, 5) is 35.5. The van der Waals surface area contributed by atoms with Crippen LogP contribution in [-0.2, 0) is 45.6 Å². The fourth-order valence-electron chi connectivity index (χ4n) is 5.10. The minimum atomic E-state index is -0.309. The van der Waals surface area contributed by atoms with E-state index in [1.807, 2.05) is 37.3 Å². The molecule has 0 fully saturated rings. The standard InChI is InChI=1S/C20H18N3O.C16H10BrN3O.C3H7Br.Y/c1-3-9-23-18-8-7-14(2)10-17(18)12-19(23)22-20(24)16-6-4-5-15(11-16)13-21;17-13-4-5-14-12(7-13)8-15(19-14)20-16(21)11-3-1-2-10(6-11)9-18;1-2-3-4;/h4-6,8,10-11H,3,9,12H2,1-2H3;1-7H,8H2,(H,19,20,21);2-3H2,1H3;/q-1;;;. The average Bonchev–Trinajstić information content (AvgIpc) is 3.67. The van der Waals surface area contributed by atoms with E-state index in [9.17, 15) is 9.59 Å². The van der Waals surface area contributed by atoms with Crippen molar-refractivity contribution < 1.29 is 42.3 Å². The molecular weight excluding hydrogens is 833 g/mol. The number of nitrogens with zero attached hydrogens (tertiary/aromatic N) is 5. The van der Waals surface area contributed by atoms with E-state index in [0.29, 0.717) is 40.9 Å². The molecule has 6 rings (SSSR count).